The minimum Gasteiger partial charge on any atom is -0.296 e. The molecule has 1 aliphatic rings. The van der Waals surface area contributed by atoms with Crippen molar-refractivity contribution in [2.24, 2.45) is 7.05 Å². The van der Waals surface area contributed by atoms with E-state index in [0.29, 0.717) is 10.8 Å². The Morgan fingerprint density at radius 3 is 2.95 bits per heavy atom. The molecule has 1 amide bonds. The van der Waals surface area contributed by atoms with E-state index in [1.54, 1.807) is 10.7 Å². The summed E-state index contributed by atoms with van der Waals surface area (Å²) in [6, 6.07) is 10.0. The van der Waals surface area contributed by atoms with Crippen LogP contribution in [0.5, 0.6) is 0 Å². The first-order chi connectivity index (χ1) is 10.6. The number of thiazole rings is 1. The van der Waals surface area contributed by atoms with E-state index in [0.717, 1.165) is 17.8 Å². The first kappa shape index (κ1) is 13.2. The van der Waals surface area contributed by atoms with E-state index in [2.05, 4.69) is 27.5 Å². The van der Waals surface area contributed by atoms with Gasteiger partial charge in [0.05, 0.1) is 5.69 Å². The van der Waals surface area contributed by atoms with Gasteiger partial charge in [0, 0.05) is 29.6 Å². The maximum atomic E-state index is 12.2. The molecule has 4 rings (SSSR count). The van der Waals surface area contributed by atoms with Gasteiger partial charge in [-0.25, -0.2) is 4.98 Å². The number of hydrogen-bond acceptors (Lipinski definition) is 4. The zero-order valence-electron chi connectivity index (χ0n) is 12.3. The zero-order chi connectivity index (χ0) is 15.3. The fraction of sp³-hybridized carbons (Fsp3) is 0.188. The van der Waals surface area contributed by atoms with Crippen LogP contribution in [0.1, 0.15) is 26.6 Å². The number of benzene rings is 1. The van der Waals surface area contributed by atoms with E-state index in [1.807, 2.05) is 26.1 Å². The molecule has 0 aliphatic heterocycles. The summed E-state index contributed by atoms with van der Waals surface area (Å²) in [6.45, 7) is 1.92. The molecule has 22 heavy (non-hydrogen) atoms. The van der Waals surface area contributed by atoms with Gasteiger partial charge in [0.2, 0.25) is 0 Å². The molecule has 6 heteroatoms. The Morgan fingerprint density at radius 2 is 2.18 bits per heavy atom. The van der Waals surface area contributed by atoms with Crippen LogP contribution in [-0.2, 0) is 13.5 Å². The van der Waals surface area contributed by atoms with Crippen LogP contribution in [-0.4, -0.2) is 20.7 Å². The molecule has 1 aliphatic carbocycles. The lowest BCUT2D eigenvalue weighted by Gasteiger charge is -2.00. The van der Waals surface area contributed by atoms with Crippen molar-refractivity contribution < 1.29 is 4.79 Å². The zero-order valence-corrected chi connectivity index (χ0v) is 13.1. The van der Waals surface area contributed by atoms with E-state index < -0.39 is 0 Å². The number of hydrogen-bond donors (Lipinski definition) is 1. The van der Waals surface area contributed by atoms with Crippen molar-refractivity contribution >= 4 is 22.4 Å². The summed E-state index contributed by atoms with van der Waals surface area (Å²) in [6.07, 6.45) is 0.891. The number of amides is 1. The van der Waals surface area contributed by atoms with Crippen LogP contribution in [0.4, 0.5) is 5.13 Å². The number of aromatic nitrogens is 3. The van der Waals surface area contributed by atoms with Crippen LogP contribution >= 0.6 is 11.3 Å². The standard InChI is InChI=1S/C16H14N4OS/c1-9-7-12(19-20(9)2)15(21)18-16-17-14-11-6-4-3-5-10(11)8-13(14)22-16/h3-7H,8H2,1-2H3,(H,17,18,21). The van der Waals surface area contributed by atoms with Crippen molar-refractivity contribution in [3.05, 3.63) is 52.2 Å². The van der Waals surface area contributed by atoms with Gasteiger partial charge in [-0.1, -0.05) is 24.3 Å². The van der Waals surface area contributed by atoms with Gasteiger partial charge in [-0.3, -0.25) is 14.8 Å². The topological polar surface area (TPSA) is 59.8 Å². The third-order valence-corrected chi connectivity index (χ3v) is 4.86. The van der Waals surface area contributed by atoms with Crippen molar-refractivity contribution in [2.75, 3.05) is 5.32 Å². The highest BCUT2D eigenvalue weighted by Crippen LogP contribution is 2.40. The van der Waals surface area contributed by atoms with Crippen LogP contribution in [0.2, 0.25) is 0 Å². The molecule has 110 valence electrons. The lowest BCUT2D eigenvalue weighted by Crippen LogP contribution is -2.12. The maximum Gasteiger partial charge on any atom is 0.277 e. The quantitative estimate of drug-likeness (QED) is 0.619. The average molecular weight is 310 g/mol. The minimum atomic E-state index is -0.218. The first-order valence-corrected chi connectivity index (χ1v) is 7.83. The van der Waals surface area contributed by atoms with Gasteiger partial charge in [-0.15, -0.1) is 11.3 Å². The number of carbonyl (C=O) groups excluding carboxylic acids is 1. The Bertz CT molecular complexity index is 874. The van der Waals surface area contributed by atoms with Crippen LogP contribution in [0, 0.1) is 6.92 Å². The van der Waals surface area contributed by atoms with E-state index in [1.165, 1.54) is 27.3 Å². The smallest absolute Gasteiger partial charge is 0.277 e. The molecule has 0 fully saturated rings. The van der Waals surface area contributed by atoms with Gasteiger partial charge in [0.1, 0.15) is 0 Å². The van der Waals surface area contributed by atoms with Gasteiger partial charge in [0.25, 0.3) is 5.91 Å². The highest BCUT2D eigenvalue weighted by molar-refractivity contribution is 7.16. The van der Waals surface area contributed by atoms with Crippen LogP contribution in [0.15, 0.2) is 30.3 Å². The number of anilines is 1. The van der Waals surface area contributed by atoms with Gasteiger partial charge >= 0.3 is 0 Å². The van der Waals surface area contributed by atoms with Gasteiger partial charge in [-0.2, -0.15) is 5.10 Å². The molecule has 2 heterocycles. The molecule has 1 N–H and O–H groups in total. The molecule has 0 atom stereocenters. The second kappa shape index (κ2) is 4.78. The Hall–Kier alpha value is -2.47. The summed E-state index contributed by atoms with van der Waals surface area (Å²) in [5, 5.41) is 7.67. The molecule has 0 saturated heterocycles. The third-order valence-electron chi connectivity index (χ3n) is 3.89. The summed E-state index contributed by atoms with van der Waals surface area (Å²) in [4.78, 5) is 18.0. The Labute approximate surface area is 131 Å². The largest absolute Gasteiger partial charge is 0.296 e. The normalized spacial score (nSPS) is 12.1. The average Bonchev–Trinajstić information content (AvgIpc) is 3.12. The molecule has 5 nitrogen and oxygen atoms in total. The number of fused-ring (bicyclic) bond motifs is 3. The molecule has 1 aromatic carbocycles. The maximum absolute atomic E-state index is 12.2. The lowest BCUT2D eigenvalue weighted by molar-refractivity contribution is 0.102. The van der Waals surface area contributed by atoms with E-state index >= 15 is 0 Å². The second-order valence-corrected chi connectivity index (χ2v) is 6.46. The number of carbonyl (C=O) groups is 1. The lowest BCUT2D eigenvalue weighted by atomic mass is 10.1. The van der Waals surface area contributed by atoms with Gasteiger partial charge < -0.3 is 0 Å². The molecule has 2 aromatic heterocycles. The van der Waals surface area contributed by atoms with Crippen LogP contribution < -0.4 is 5.32 Å². The number of rotatable bonds is 2. The molecule has 0 saturated carbocycles. The Morgan fingerprint density at radius 1 is 1.36 bits per heavy atom. The van der Waals surface area contributed by atoms with Crippen molar-refractivity contribution in [1.82, 2.24) is 14.8 Å². The van der Waals surface area contributed by atoms with E-state index in [4.69, 9.17) is 0 Å². The Balaban J connectivity index is 1.60. The van der Waals surface area contributed by atoms with Crippen molar-refractivity contribution in [2.45, 2.75) is 13.3 Å². The predicted molar refractivity (Wildman–Crippen MR) is 86.3 cm³/mol. The number of nitrogens with zero attached hydrogens (tertiary/aromatic N) is 3. The Kier molecular flexibility index (Phi) is 2.87. The fourth-order valence-electron chi connectivity index (χ4n) is 2.65. The SMILES string of the molecule is Cc1cc(C(=O)Nc2nc3c(s2)Cc2ccccc2-3)nn1C. The molecular formula is C16H14N4OS. The van der Waals surface area contributed by atoms with Crippen LogP contribution in [0.25, 0.3) is 11.3 Å². The molecule has 0 unspecified atom stereocenters. The van der Waals surface area contributed by atoms with Crippen molar-refractivity contribution in [1.29, 1.82) is 0 Å². The van der Waals surface area contributed by atoms with Crippen molar-refractivity contribution in [3.8, 4) is 11.3 Å². The first-order valence-electron chi connectivity index (χ1n) is 7.02. The molecule has 0 spiro atoms. The van der Waals surface area contributed by atoms with E-state index in [-0.39, 0.29) is 5.91 Å². The monoisotopic (exact) mass is 310 g/mol. The molecule has 3 aromatic rings. The summed E-state index contributed by atoms with van der Waals surface area (Å²) < 4.78 is 1.69. The van der Waals surface area contributed by atoms with Gasteiger partial charge in [0.15, 0.2) is 10.8 Å². The summed E-state index contributed by atoms with van der Waals surface area (Å²) in [5.41, 5.74) is 4.82. The van der Waals surface area contributed by atoms with Crippen molar-refractivity contribution in [3.63, 3.8) is 0 Å². The number of aryl methyl sites for hydroxylation is 2. The molecule has 0 bridgehead atoms. The fourth-order valence-corrected chi connectivity index (χ4v) is 3.64. The van der Waals surface area contributed by atoms with Crippen LogP contribution in [0.3, 0.4) is 0 Å². The summed E-state index contributed by atoms with van der Waals surface area (Å²) in [7, 11) is 1.82. The number of nitrogens with one attached hydrogen (secondary N) is 1. The summed E-state index contributed by atoms with van der Waals surface area (Å²) >= 11 is 1.53. The second-order valence-electron chi connectivity index (χ2n) is 5.37. The molecule has 0 radical (unpaired) electrons. The predicted octanol–water partition coefficient (Wildman–Crippen LogP) is 3.01. The molecular weight excluding hydrogens is 296 g/mol. The summed E-state index contributed by atoms with van der Waals surface area (Å²) in [5.74, 6) is -0.218. The highest BCUT2D eigenvalue weighted by atomic mass is 32.1. The van der Waals surface area contributed by atoms with Gasteiger partial charge in [-0.05, 0) is 18.6 Å². The van der Waals surface area contributed by atoms with E-state index in [9.17, 15) is 4.79 Å². The minimum absolute atomic E-state index is 0.218. The third kappa shape index (κ3) is 2.03. The highest BCUT2D eigenvalue weighted by Gasteiger charge is 2.23.